The van der Waals surface area contributed by atoms with Crippen LogP contribution in [0.1, 0.15) is 39.5 Å². The minimum absolute atomic E-state index is 0.0349. The van der Waals surface area contributed by atoms with Crippen molar-refractivity contribution in [2.24, 2.45) is 11.8 Å². The topological polar surface area (TPSA) is 88.9 Å². The molecular weight excluding hydrogens is 425 g/mol. The van der Waals surface area contributed by atoms with Gasteiger partial charge in [0.2, 0.25) is 5.91 Å². The summed E-state index contributed by atoms with van der Waals surface area (Å²) in [4.78, 5) is 29.4. The first-order valence-corrected chi connectivity index (χ1v) is 11.8. The maximum Gasteiger partial charge on any atom is 0.415 e. The molecule has 1 N–H and O–H groups in total. The molecule has 2 heterocycles. The SMILES string of the molecule is CC(=O)N1C2CCC(C3CNN(CCC#N)C3)CC2N(C(=O)Oc2ccc(F)cc2)C[C@@H]1C. The van der Waals surface area contributed by atoms with Crippen LogP contribution in [0.15, 0.2) is 24.3 Å². The van der Waals surface area contributed by atoms with Crippen LogP contribution in [0, 0.1) is 29.0 Å². The Morgan fingerprint density at radius 2 is 1.94 bits per heavy atom. The Hall–Kier alpha value is -2.70. The minimum atomic E-state index is -0.451. The number of hydrazine groups is 1. The van der Waals surface area contributed by atoms with Crippen molar-refractivity contribution < 1.29 is 18.7 Å². The first-order chi connectivity index (χ1) is 15.9. The van der Waals surface area contributed by atoms with Gasteiger partial charge in [0, 0.05) is 45.6 Å². The molecule has 0 spiro atoms. The van der Waals surface area contributed by atoms with Crippen LogP contribution in [-0.2, 0) is 4.79 Å². The normalized spacial score (nSPS) is 29.9. The van der Waals surface area contributed by atoms with Crippen molar-refractivity contribution in [2.75, 3.05) is 26.2 Å². The third kappa shape index (κ3) is 5.12. The van der Waals surface area contributed by atoms with E-state index in [0.29, 0.717) is 37.1 Å². The van der Waals surface area contributed by atoms with E-state index in [1.807, 2.05) is 11.8 Å². The van der Waals surface area contributed by atoms with Crippen LogP contribution in [-0.4, -0.2) is 71.1 Å². The third-order valence-electron chi connectivity index (χ3n) is 7.32. The molecule has 8 nitrogen and oxygen atoms in total. The smallest absolute Gasteiger partial charge is 0.410 e. The van der Waals surface area contributed by atoms with Gasteiger partial charge in [0.25, 0.3) is 0 Å². The summed E-state index contributed by atoms with van der Waals surface area (Å²) in [5.41, 5.74) is 3.40. The molecule has 5 atom stereocenters. The number of halogens is 1. The lowest BCUT2D eigenvalue weighted by atomic mass is 9.73. The maximum atomic E-state index is 13.2. The number of hydrogen-bond acceptors (Lipinski definition) is 6. The highest BCUT2D eigenvalue weighted by Crippen LogP contribution is 2.39. The standard InChI is InChI=1S/C24H32FN5O3/c1-16-14-29(24(32)33-21-7-5-20(25)6-8-21)23-12-18(4-9-22(23)30(16)17(2)31)19-13-27-28(15-19)11-3-10-26/h5-8,16,18-19,22-23,27H,3-4,9,11-15H2,1-2H3/t16-,18?,19?,22?,23?/m0/s1. The van der Waals surface area contributed by atoms with Crippen molar-refractivity contribution in [1.82, 2.24) is 20.2 Å². The van der Waals surface area contributed by atoms with Crippen molar-refractivity contribution in [2.45, 2.75) is 57.7 Å². The Balaban J connectivity index is 1.49. The molecule has 1 aromatic rings. The summed E-state index contributed by atoms with van der Waals surface area (Å²) in [6, 6.07) is 7.36. The lowest BCUT2D eigenvalue weighted by Crippen LogP contribution is -2.67. The number of nitriles is 1. The van der Waals surface area contributed by atoms with Gasteiger partial charge in [-0.05, 0) is 62.3 Å². The van der Waals surface area contributed by atoms with Crippen molar-refractivity contribution in [3.8, 4) is 11.8 Å². The highest BCUT2D eigenvalue weighted by atomic mass is 19.1. The average molecular weight is 458 g/mol. The van der Waals surface area contributed by atoms with E-state index in [2.05, 4.69) is 16.5 Å². The third-order valence-corrected chi connectivity index (χ3v) is 7.32. The zero-order chi connectivity index (χ0) is 23.5. The number of amides is 2. The number of piperazine rings is 1. The number of ether oxygens (including phenoxy) is 1. The first kappa shape index (κ1) is 23.5. The number of carbonyl (C=O) groups is 2. The van der Waals surface area contributed by atoms with Crippen LogP contribution in [0.3, 0.4) is 0 Å². The monoisotopic (exact) mass is 457 g/mol. The number of nitrogens with one attached hydrogen (secondary N) is 1. The average Bonchev–Trinajstić information content (AvgIpc) is 3.27. The van der Waals surface area contributed by atoms with E-state index in [1.165, 1.54) is 24.3 Å². The van der Waals surface area contributed by atoms with Gasteiger partial charge in [-0.25, -0.2) is 14.2 Å². The van der Waals surface area contributed by atoms with Crippen LogP contribution in [0.2, 0.25) is 0 Å². The highest BCUT2D eigenvalue weighted by Gasteiger charge is 2.48. The number of rotatable bonds is 4. The highest BCUT2D eigenvalue weighted by molar-refractivity contribution is 5.76. The van der Waals surface area contributed by atoms with Crippen LogP contribution in [0.4, 0.5) is 9.18 Å². The molecule has 9 heteroatoms. The molecule has 0 radical (unpaired) electrons. The Kier molecular flexibility index (Phi) is 7.15. The number of hydrogen-bond donors (Lipinski definition) is 1. The molecule has 2 aliphatic heterocycles. The molecule has 1 saturated carbocycles. The Labute approximate surface area is 194 Å². The van der Waals surface area contributed by atoms with E-state index >= 15 is 0 Å². The molecule has 178 valence electrons. The molecule has 33 heavy (non-hydrogen) atoms. The lowest BCUT2D eigenvalue weighted by Gasteiger charge is -2.54. The van der Waals surface area contributed by atoms with Crippen molar-refractivity contribution in [1.29, 1.82) is 5.26 Å². The van der Waals surface area contributed by atoms with Gasteiger partial charge in [0.05, 0.1) is 18.2 Å². The summed E-state index contributed by atoms with van der Waals surface area (Å²) in [5, 5.41) is 11.0. The van der Waals surface area contributed by atoms with Crippen LogP contribution in [0.25, 0.3) is 0 Å². The van der Waals surface area contributed by atoms with E-state index in [1.54, 1.807) is 11.8 Å². The molecular formula is C24H32FN5O3. The van der Waals surface area contributed by atoms with Crippen molar-refractivity contribution in [3.63, 3.8) is 0 Å². The number of carbonyl (C=O) groups excluding carboxylic acids is 2. The Bertz CT molecular complexity index is 904. The number of nitrogens with zero attached hydrogens (tertiary/aromatic N) is 4. The predicted octanol–water partition coefficient (Wildman–Crippen LogP) is 2.76. The fraction of sp³-hybridized carbons (Fsp3) is 0.625. The molecule has 1 aromatic carbocycles. The number of benzene rings is 1. The molecule has 1 aliphatic carbocycles. The van der Waals surface area contributed by atoms with Crippen LogP contribution >= 0.6 is 0 Å². The van der Waals surface area contributed by atoms with E-state index in [0.717, 1.165) is 32.4 Å². The molecule has 3 fully saturated rings. The van der Waals surface area contributed by atoms with Gasteiger partial charge in [-0.1, -0.05) is 0 Å². The zero-order valence-corrected chi connectivity index (χ0v) is 19.2. The lowest BCUT2D eigenvalue weighted by molar-refractivity contribution is -0.142. The predicted molar refractivity (Wildman–Crippen MR) is 119 cm³/mol. The van der Waals surface area contributed by atoms with Crippen LogP contribution < -0.4 is 10.2 Å². The van der Waals surface area contributed by atoms with Gasteiger partial charge in [-0.15, -0.1) is 0 Å². The first-order valence-electron chi connectivity index (χ1n) is 11.8. The summed E-state index contributed by atoms with van der Waals surface area (Å²) < 4.78 is 18.8. The summed E-state index contributed by atoms with van der Waals surface area (Å²) in [6.45, 7) is 6.43. The molecule has 3 aliphatic rings. The fourth-order valence-electron chi connectivity index (χ4n) is 5.83. The molecule has 2 amide bonds. The van der Waals surface area contributed by atoms with Gasteiger partial charge >= 0.3 is 6.09 Å². The van der Waals surface area contributed by atoms with E-state index < -0.39 is 6.09 Å². The van der Waals surface area contributed by atoms with Crippen LogP contribution in [0.5, 0.6) is 5.75 Å². The maximum absolute atomic E-state index is 13.2. The Morgan fingerprint density at radius 1 is 1.18 bits per heavy atom. The van der Waals surface area contributed by atoms with E-state index in [9.17, 15) is 14.0 Å². The summed E-state index contributed by atoms with van der Waals surface area (Å²) in [6.07, 6.45) is 2.68. The largest absolute Gasteiger partial charge is 0.415 e. The minimum Gasteiger partial charge on any atom is -0.410 e. The quantitative estimate of drug-likeness (QED) is 0.748. The molecule has 4 unspecified atom stereocenters. The van der Waals surface area contributed by atoms with Gasteiger partial charge in [0.1, 0.15) is 11.6 Å². The molecule has 2 saturated heterocycles. The fourth-order valence-corrected chi connectivity index (χ4v) is 5.83. The second-order valence-corrected chi connectivity index (χ2v) is 9.43. The van der Waals surface area contributed by atoms with Crippen molar-refractivity contribution >= 4 is 12.0 Å². The second-order valence-electron chi connectivity index (χ2n) is 9.43. The second kappa shape index (κ2) is 10.1. The zero-order valence-electron chi connectivity index (χ0n) is 19.2. The van der Waals surface area contributed by atoms with Gasteiger partial charge < -0.3 is 14.5 Å². The van der Waals surface area contributed by atoms with Crippen molar-refractivity contribution in [3.05, 3.63) is 30.1 Å². The van der Waals surface area contributed by atoms with Gasteiger partial charge in [-0.3, -0.25) is 10.2 Å². The van der Waals surface area contributed by atoms with Gasteiger partial charge in [-0.2, -0.15) is 5.26 Å². The summed E-state index contributed by atoms with van der Waals surface area (Å²) >= 11 is 0. The van der Waals surface area contributed by atoms with Gasteiger partial charge in [0.15, 0.2) is 0 Å². The summed E-state index contributed by atoms with van der Waals surface area (Å²) in [7, 11) is 0. The molecule has 4 rings (SSSR count). The summed E-state index contributed by atoms with van der Waals surface area (Å²) in [5.74, 6) is 0.800. The van der Waals surface area contributed by atoms with E-state index in [-0.39, 0.29) is 29.8 Å². The molecule has 0 aromatic heterocycles. The van der Waals surface area contributed by atoms with E-state index in [4.69, 9.17) is 10.00 Å². The number of fused-ring (bicyclic) bond motifs is 1. The Morgan fingerprint density at radius 3 is 2.64 bits per heavy atom. The molecule has 0 bridgehead atoms.